The summed E-state index contributed by atoms with van der Waals surface area (Å²) in [4.78, 5) is 37.4. The fraction of sp³-hybridized carbons (Fsp3) is 0.348. The summed E-state index contributed by atoms with van der Waals surface area (Å²) in [5.41, 5.74) is 1.73. The number of carbonyl (C=O) groups excluding carboxylic acids is 3. The summed E-state index contributed by atoms with van der Waals surface area (Å²) in [5.74, 6) is -1.26. The van der Waals surface area contributed by atoms with Gasteiger partial charge in [0.1, 0.15) is 18.7 Å². The van der Waals surface area contributed by atoms with Crippen molar-refractivity contribution < 1.29 is 23.9 Å². The van der Waals surface area contributed by atoms with Crippen LogP contribution >= 0.6 is 22.6 Å². The molecule has 0 aliphatic rings. The van der Waals surface area contributed by atoms with Crippen molar-refractivity contribution in [3.05, 3.63) is 69.3 Å². The van der Waals surface area contributed by atoms with Crippen molar-refractivity contribution >= 4 is 40.6 Å². The molecule has 2 amide bonds. The average molecular weight is 538 g/mol. The molecule has 7 nitrogen and oxygen atoms in total. The second kappa shape index (κ2) is 12.3. The van der Waals surface area contributed by atoms with Crippen molar-refractivity contribution in [1.29, 1.82) is 0 Å². The molecule has 2 aromatic rings. The van der Waals surface area contributed by atoms with E-state index in [2.05, 4.69) is 33.2 Å². The predicted molar refractivity (Wildman–Crippen MR) is 125 cm³/mol. The average Bonchev–Trinajstić information content (AvgIpc) is 2.75. The minimum Gasteiger partial charge on any atom is -0.467 e. The van der Waals surface area contributed by atoms with Gasteiger partial charge in [-0.25, -0.2) is 9.59 Å². The predicted octanol–water partition coefficient (Wildman–Crippen LogP) is 3.44. The van der Waals surface area contributed by atoms with Gasteiger partial charge in [0.25, 0.3) is 0 Å². The molecule has 31 heavy (non-hydrogen) atoms. The number of amides is 2. The standard InChI is InChI=1S/C23H27IN2O5/c1-15(2)20(26-23(29)31-14-16-8-5-4-6-9-16)21(27)25-19(22(28)30-3)13-17-10-7-11-18(24)12-17/h4-12,15,19-20H,13-14H2,1-3H3,(H,25,27)(H,26,29)/t19-,20+/m0/s1. The normalized spacial score (nSPS) is 12.5. The fourth-order valence-electron chi connectivity index (χ4n) is 2.92. The van der Waals surface area contributed by atoms with E-state index < -0.39 is 30.1 Å². The molecule has 0 aliphatic carbocycles. The molecule has 0 aliphatic heterocycles. The van der Waals surface area contributed by atoms with Gasteiger partial charge in [0.2, 0.25) is 5.91 Å². The minimum atomic E-state index is -0.876. The summed E-state index contributed by atoms with van der Waals surface area (Å²) in [5, 5.41) is 5.31. The monoisotopic (exact) mass is 538 g/mol. The van der Waals surface area contributed by atoms with Gasteiger partial charge in [0.05, 0.1) is 7.11 Å². The van der Waals surface area contributed by atoms with Gasteiger partial charge in [-0.05, 0) is 51.8 Å². The van der Waals surface area contributed by atoms with E-state index in [1.165, 1.54) is 7.11 Å². The second-order valence-electron chi connectivity index (χ2n) is 7.35. The molecule has 2 atom stereocenters. The smallest absolute Gasteiger partial charge is 0.408 e. The van der Waals surface area contributed by atoms with Crippen LogP contribution in [0, 0.1) is 9.49 Å². The maximum Gasteiger partial charge on any atom is 0.408 e. The van der Waals surface area contributed by atoms with Crippen LogP contribution in [-0.2, 0) is 32.1 Å². The molecule has 2 rings (SSSR count). The summed E-state index contributed by atoms with van der Waals surface area (Å²) in [6.07, 6.45) is -0.427. The van der Waals surface area contributed by atoms with Crippen LogP contribution in [0.3, 0.4) is 0 Å². The summed E-state index contributed by atoms with van der Waals surface area (Å²) in [7, 11) is 1.27. The van der Waals surface area contributed by atoms with E-state index in [0.717, 1.165) is 14.7 Å². The van der Waals surface area contributed by atoms with Crippen LogP contribution in [0.2, 0.25) is 0 Å². The third-order valence-corrected chi connectivity index (χ3v) is 5.24. The molecule has 8 heteroatoms. The maximum atomic E-state index is 12.9. The van der Waals surface area contributed by atoms with Gasteiger partial charge in [-0.2, -0.15) is 0 Å². The van der Waals surface area contributed by atoms with Crippen molar-refractivity contribution in [2.24, 2.45) is 5.92 Å². The lowest BCUT2D eigenvalue weighted by molar-refractivity contribution is -0.145. The Kier molecular flexibility index (Phi) is 9.77. The zero-order valence-electron chi connectivity index (χ0n) is 17.8. The van der Waals surface area contributed by atoms with E-state index in [-0.39, 0.29) is 18.9 Å². The molecule has 2 aromatic carbocycles. The van der Waals surface area contributed by atoms with Crippen molar-refractivity contribution in [1.82, 2.24) is 10.6 Å². The van der Waals surface area contributed by atoms with Gasteiger partial charge >= 0.3 is 12.1 Å². The molecule has 0 bridgehead atoms. The van der Waals surface area contributed by atoms with Gasteiger partial charge < -0.3 is 20.1 Å². The van der Waals surface area contributed by atoms with E-state index in [9.17, 15) is 14.4 Å². The molecule has 0 radical (unpaired) electrons. The Balaban J connectivity index is 2.02. The molecule has 0 unspecified atom stereocenters. The molecule has 0 fully saturated rings. The number of rotatable bonds is 9. The second-order valence-corrected chi connectivity index (χ2v) is 8.59. The van der Waals surface area contributed by atoms with E-state index in [0.29, 0.717) is 0 Å². The first-order chi connectivity index (χ1) is 14.8. The van der Waals surface area contributed by atoms with Crippen LogP contribution < -0.4 is 10.6 Å². The Bertz CT molecular complexity index is 889. The van der Waals surface area contributed by atoms with E-state index >= 15 is 0 Å². The molecule has 0 spiro atoms. The minimum absolute atomic E-state index is 0.0938. The lowest BCUT2D eigenvalue weighted by atomic mass is 10.0. The fourth-order valence-corrected chi connectivity index (χ4v) is 3.53. The highest BCUT2D eigenvalue weighted by Crippen LogP contribution is 2.12. The summed E-state index contributed by atoms with van der Waals surface area (Å²) >= 11 is 2.18. The SMILES string of the molecule is COC(=O)[C@H](Cc1cccc(I)c1)NC(=O)[C@H](NC(=O)OCc1ccccc1)C(C)C. The van der Waals surface area contributed by atoms with Gasteiger partial charge in [0, 0.05) is 9.99 Å². The highest BCUT2D eigenvalue weighted by atomic mass is 127. The van der Waals surface area contributed by atoms with Crippen molar-refractivity contribution in [3.8, 4) is 0 Å². The molecule has 0 heterocycles. The number of alkyl carbamates (subject to hydrolysis) is 1. The van der Waals surface area contributed by atoms with Crippen molar-refractivity contribution in [2.75, 3.05) is 7.11 Å². The molecule has 0 saturated carbocycles. The third kappa shape index (κ3) is 8.20. The van der Waals surface area contributed by atoms with Gasteiger partial charge in [0.15, 0.2) is 0 Å². The van der Waals surface area contributed by atoms with Crippen LogP contribution in [0.25, 0.3) is 0 Å². The van der Waals surface area contributed by atoms with Crippen LogP contribution in [0.4, 0.5) is 4.79 Å². The van der Waals surface area contributed by atoms with Crippen LogP contribution in [0.5, 0.6) is 0 Å². The molecule has 166 valence electrons. The molecule has 2 N–H and O–H groups in total. The number of esters is 1. The number of halogens is 1. The third-order valence-electron chi connectivity index (χ3n) is 4.57. The number of hydrogen-bond donors (Lipinski definition) is 2. The largest absolute Gasteiger partial charge is 0.467 e. The number of hydrogen-bond acceptors (Lipinski definition) is 5. The number of carbonyl (C=O) groups is 3. The Morgan fingerprint density at radius 3 is 2.26 bits per heavy atom. The number of benzene rings is 2. The molecule has 0 saturated heterocycles. The summed E-state index contributed by atoms with van der Waals surface area (Å²) < 4.78 is 11.1. The topological polar surface area (TPSA) is 93.7 Å². The molecular weight excluding hydrogens is 511 g/mol. The van der Waals surface area contributed by atoms with Crippen molar-refractivity contribution in [2.45, 2.75) is 39.0 Å². The van der Waals surface area contributed by atoms with Crippen LogP contribution in [0.15, 0.2) is 54.6 Å². The Morgan fingerprint density at radius 2 is 1.65 bits per heavy atom. The Labute approximate surface area is 196 Å². The summed E-state index contributed by atoms with van der Waals surface area (Å²) in [6.45, 7) is 3.69. The van der Waals surface area contributed by atoms with E-state index in [1.807, 2.05) is 54.6 Å². The highest BCUT2D eigenvalue weighted by Gasteiger charge is 2.29. The first-order valence-electron chi connectivity index (χ1n) is 9.90. The molecular formula is C23H27IN2O5. The van der Waals surface area contributed by atoms with E-state index in [4.69, 9.17) is 9.47 Å². The van der Waals surface area contributed by atoms with Gasteiger partial charge in [-0.3, -0.25) is 4.79 Å². The first kappa shape index (κ1) is 24.6. The van der Waals surface area contributed by atoms with Gasteiger partial charge in [-0.15, -0.1) is 0 Å². The number of ether oxygens (including phenoxy) is 2. The Hall–Kier alpha value is -2.62. The quantitative estimate of drug-likeness (QED) is 0.377. The first-order valence-corrected chi connectivity index (χ1v) is 11.0. The lowest BCUT2D eigenvalue weighted by Gasteiger charge is -2.24. The maximum absolute atomic E-state index is 12.9. The lowest BCUT2D eigenvalue weighted by Crippen LogP contribution is -2.54. The summed E-state index contributed by atoms with van der Waals surface area (Å²) in [6, 6.07) is 15.1. The van der Waals surface area contributed by atoms with Gasteiger partial charge in [-0.1, -0.05) is 56.3 Å². The Morgan fingerprint density at radius 1 is 0.968 bits per heavy atom. The number of nitrogens with one attached hydrogen (secondary N) is 2. The highest BCUT2D eigenvalue weighted by molar-refractivity contribution is 14.1. The number of methoxy groups -OCH3 is 1. The molecule has 0 aromatic heterocycles. The van der Waals surface area contributed by atoms with Crippen molar-refractivity contribution in [3.63, 3.8) is 0 Å². The van der Waals surface area contributed by atoms with Crippen LogP contribution in [-0.4, -0.2) is 37.2 Å². The van der Waals surface area contributed by atoms with E-state index in [1.54, 1.807) is 13.8 Å². The zero-order valence-corrected chi connectivity index (χ0v) is 19.9. The van der Waals surface area contributed by atoms with Crippen LogP contribution in [0.1, 0.15) is 25.0 Å². The zero-order chi connectivity index (χ0) is 22.8.